The molecule has 0 aliphatic rings. The fourth-order valence-corrected chi connectivity index (χ4v) is 3.97. The van der Waals surface area contributed by atoms with Crippen LogP contribution in [-0.2, 0) is 61.9 Å². The Labute approximate surface area is 324 Å². The van der Waals surface area contributed by atoms with Gasteiger partial charge in [0.1, 0.15) is 43.2 Å². The van der Waals surface area contributed by atoms with E-state index in [2.05, 4.69) is 36.1 Å². The summed E-state index contributed by atoms with van der Waals surface area (Å²) in [6, 6.07) is 0. The molecule has 8 N–H and O–H groups in total. The van der Waals surface area contributed by atoms with Crippen LogP contribution in [0.1, 0.15) is 0 Å². The van der Waals surface area contributed by atoms with Crippen LogP contribution in [-0.4, -0.2) is 236 Å². The zero-order valence-corrected chi connectivity index (χ0v) is 32.1. The van der Waals surface area contributed by atoms with Crippen LogP contribution in [0.15, 0.2) is 26.3 Å². The summed E-state index contributed by atoms with van der Waals surface area (Å²) >= 11 is 0. The monoisotopic (exact) mass is 814 g/mol. The Morgan fingerprint density at radius 2 is 0.564 bits per heavy atom. The first kappa shape index (κ1) is 58.0. The third kappa shape index (κ3) is 39.3. The van der Waals surface area contributed by atoms with E-state index in [0.717, 1.165) is 0 Å². The maximum atomic E-state index is 9.22. The van der Waals surface area contributed by atoms with Crippen molar-refractivity contribution in [3.63, 3.8) is 0 Å². The zero-order valence-electron chi connectivity index (χ0n) is 32.1. The molecular weight excluding hydrogens is 744 g/mol. The van der Waals surface area contributed by atoms with Crippen LogP contribution in [0, 0.1) is 0 Å². The van der Waals surface area contributed by atoms with E-state index < -0.39 is 36.6 Å². The third-order valence-corrected chi connectivity index (χ3v) is 6.18. The van der Waals surface area contributed by atoms with Crippen LogP contribution >= 0.6 is 0 Å². The van der Waals surface area contributed by atoms with Crippen molar-refractivity contribution < 1.29 is 103 Å². The van der Waals surface area contributed by atoms with Gasteiger partial charge in [-0.15, -0.1) is 26.3 Å². The number of rotatable bonds is 42. The van der Waals surface area contributed by atoms with Crippen LogP contribution in [0.3, 0.4) is 0 Å². The second-order valence-corrected chi connectivity index (χ2v) is 10.6. The SMILES string of the molecule is C=C.C=C.OCCOCC(COCC(COCC(COO)OCCO)OC(COCC(COCCO)OCCO)COCC(COCCO)OCCO)OO. The summed E-state index contributed by atoms with van der Waals surface area (Å²) in [7, 11) is 0. The second kappa shape index (κ2) is 48.8. The van der Waals surface area contributed by atoms with Gasteiger partial charge < -0.3 is 82.7 Å². The average Bonchev–Trinajstić information content (AvgIpc) is 3.21. The maximum absolute atomic E-state index is 9.22. The van der Waals surface area contributed by atoms with Gasteiger partial charge in [0.2, 0.25) is 0 Å². The number of aliphatic hydroxyl groups excluding tert-OH is 6. The van der Waals surface area contributed by atoms with Gasteiger partial charge in [-0.3, -0.25) is 10.5 Å². The van der Waals surface area contributed by atoms with E-state index in [1.54, 1.807) is 0 Å². The number of hydrogen-bond donors (Lipinski definition) is 8. The van der Waals surface area contributed by atoms with E-state index >= 15 is 0 Å². The molecule has 332 valence electrons. The minimum absolute atomic E-state index is 0.0137. The first-order valence-corrected chi connectivity index (χ1v) is 17.8. The molecule has 0 saturated carbocycles. The van der Waals surface area contributed by atoms with Gasteiger partial charge in [0.15, 0.2) is 0 Å². The summed E-state index contributed by atoms with van der Waals surface area (Å²) in [6.45, 7) is 10.6. The number of hydrogen-bond acceptors (Lipinski definition) is 21. The van der Waals surface area contributed by atoms with Gasteiger partial charge in [0, 0.05) is 0 Å². The Morgan fingerprint density at radius 3 is 0.855 bits per heavy atom. The van der Waals surface area contributed by atoms with Crippen molar-refractivity contribution >= 4 is 0 Å². The second-order valence-electron chi connectivity index (χ2n) is 10.6. The van der Waals surface area contributed by atoms with Crippen LogP contribution < -0.4 is 0 Å². The molecule has 5 atom stereocenters. The fraction of sp³-hybridized carbons (Fsp3) is 0.882. The predicted molar refractivity (Wildman–Crippen MR) is 195 cm³/mol. The molecule has 0 radical (unpaired) electrons. The molecule has 55 heavy (non-hydrogen) atoms. The molecule has 0 aliphatic carbocycles. The summed E-state index contributed by atoms with van der Waals surface area (Å²) in [5, 5.41) is 72.5. The molecule has 0 aliphatic heterocycles. The predicted octanol–water partition coefficient (Wildman–Crippen LogP) is -2.08. The van der Waals surface area contributed by atoms with E-state index in [4.69, 9.17) is 77.8 Å². The molecule has 21 heteroatoms. The molecule has 0 saturated heterocycles. The quantitative estimate of drug-likeness (QED) is 0.0142. The van der Waals surface area contributed by atoms with Gasteiger partial charge in [0.25, 0.3) is 0 Å². The lowest BCUT2D eigenvalue weighted by Crippen LogP contribution is -2.39. The first-order valence-electron chi connectivity index (χ1n) is 17.8. The van der Waals surface area contributed by atoms with Gasteiger partial charge in [-0.1, -0.05) is 0 Å². The minimum Gasteiger partial charge on any atom is -0.394 e. The number of aliphatic hydroxyl groups is 6. The van der Waals surface area contributed by atoms with Crippen molar-refractivity contribution in [3.05, 3.63) is 26.3 Å². The van der Waals surface area contributed by atoms with Gasteiger partial charge in [0.05, 0.1) is 152 Å². The lowest BCUT2D eigenvalue weighted by Gasteiger charge is -2.27. The molecule has 5 unspecified atom stereocenters. The van der Waals surface area contributed by atoms with E-state index in [9.17, 15) is 15.5 Å². The molecule has 0 fully saturated rings. The third-order valence-electron chi connectivity index (χ3n) is 6.18. The van der Waals surface area contributed by atoms with Crippen molar-refractivity contribution in [3.8, 4) is 0 Å². The lowest BCUT2D eigenvalue weighted by atomic mass is 10.3. The summed E-state index contributed by atoms with van der Waals surface area (Å²) in [6.07, 6.45) is -4.25. The first-order chi connectivity index (χ1) is 27.0. The Balaban J connectivity index is -0.00000652. The highest BCUT2D eigenvalue weighted by molar-refractivity contribution is 4.67. The minimum atomic E-state index is -0.869. The van der Waals surface area contributed by atoms with E-state index in [1.165, 1.54) is 0 Å². The molecule has 0 rings (SSSR count). The van der Waals surface area contributed by atoms with E-state index in [-0.39, 0.29) is 159 Å². The average molecular weight is 815 g/mol. The molecule has 0 bridgehead atoms. The van der Waals surface area contributed by atoms with Gasteiger partial charge in [-0.25, -0.2) is 9.78 Å². The summed E-state index contributed by atoms with van der Waals surface area (Å²) in [5.41, 5.74) is 0. The fourth-order valence-electron chi connectivity index (χ4n) is 3.97. The summed E-state index contributed by atoms with van der Waals surface area (Å²) in [5.74, 6) is 0. The van der Waals surface area contributed by atoms with Crippen LogP contribution in [0.5, 0.6) is 0 Å². The molecule has 0 aromatic heterocycles. The van der Waals surface area contributed by atoms with Crippen molar-refractivity contribution in [2.45, 2.75) is 36.6 Å². The van der Waals surface area contributed by atoms with Crippen LogP contribution in [0.4, 0.5) is 0 Å². The topological polar surface area (TPSA) is 282 Å². The molecular formula is C34H70O21. The Bertz CT molecular complexity index is 688. The molecule has 0 heterocycles. The molecule has 0 aromatic rings. The molecule has 0 spiro atoms. The summed E-state index contributed by atoms with van der Waals surface area (Å²) < 4.78 is 62.0. The van der Waals surface area contributed by atoms with Gasteiger partial charge >= 0.3 is 0 Å². The van der Waals surface area contributed by atoms with Crippen LogP contribution in [0.2, 0.25) is 0 Å². The van der Waals surface area contributed by atoms with Crippen molar-refractivity contribution in [2.75, 3.05) is 159 Å². The molecule has 21 nitrogen and oxygen atoms in total. The molecule has 0 amide bonds. The van der Waals surface area contributed by atoms with Crippen molar-refractivity contribution in [1.29, 1.82) is 0 Å². The standard InChI is InChI=1S/C30H62O21.2C2H4/c31-1-7-39-13-25(46-10-4-34)15-42-18-28(19-43-16-26(47-11-5-35)14-40-8-2-32)50-29(20-44-17-27(24-49-37)48-12-6-36)21-45-23-30(51-38)22-41-9-3-33;2*1-2/h25-38H,1-24H2;2*1-2H2. The summed E-state index contributed by atoms with van der Waals surface area (Å²) in [4.78, 5) is 8.57. The van der Waals surface area contributed by atoms with E-state index in [0.29, 0.717) is 0 Å². The van der Waals surface area contributed by atoms with Crippen LogP contribution in [0.25, 0.3) is 0 Å². The smallest absolute Gasteiger partial charge is 0.139 e. The van der Waals surface area contributed by atoms with Gasteiger partial charge in [-0.05, 0) is 0 Å². The Morgan fingerprint density at radius 1 is 0.309 bits per heavy atom. The zero-order chi connectivity index (χ0) is 41.6. The maximum Gasteiger partial charge on any atom is 0.139 e. The Kier molecular flexibility index (Phi) is 51.4. The highest BCUT2D eigenvalue weighted by atomic mass is 17.1. The largest absolute Gasteiger partial charge is 0.394 e. The normalized spacial score (nSPS) is 14.5. The Hall–Kier alpha value is -1.36. The molecule has 0 aromatic carbocycles. The van der Waals surface area contributed by atoms with Crippen molar-refractivity contribution in [2.24, 2.45) is 0 Å². The van der Waals surface area contributed by atoms with E-state index in [1.807, 2.05) is 0 Å². The highest BCUT2D eigenvalue weighted by Gasteiger charge is 2.23. The number of ether oxygens (including phenoxy) is 11. The van der Waals surface area contributed by atoms with Gasteiger partial charge in [-0.2, -0.15) is 0 Å². The highest BCUT2D eigenvalue weighted by Crippen LogP contribution is 2.08. The lowest BCUT2D eigenvalue weighted by molar-refractivity contribution is -0.297. The van der Waals surface area contributed by atoms with Crippen molar-refractivity contribution in [1.82, 2.24) is 0 Å².